The minimum atomic E-state index is -0.454. The monoisotopic (exact) mass is 603 g/mol. The molecular formula is C32H45NO10. The van der Waals surface area contributed by atoms with Crippen LogP contribution >= 0.6 is 0 Å². The first-order valence-corrected chi connectivity index (χ1v) is 14.9. The van der Waals surface area contributed by atoms with Crippen LogP contribution in [0.15, 0.2) is 48.5 Å². The molecule has 238 valence electrons. The number of alkyl carbamates (subject to hydrolysis) is 1. The third-order valence-electron chi connectivity index (χ3n) is 6.48. The van der Waals surface area contributed by atoms with Gasteiger partial charge in [-0.2, -0.15) is 0 Å². The molecule has 2 aromatic carbocycles. The summed E-state index contributed by atoms with van der Waals surface area (Å²) in [5.74, 6) is -0.217. The number of carbonyl (C=O) groups excluding carboxylic acids is 2. The van der Waals surface area contributed by atoms with E-state index in [4.69, 9.17) is 37.9 Å². The first-order chi connectivity index (χ1) is 21.2. The van der Waals surface area contributed by atoms with Crippen molar-refractivity contribution < 1.29 is 47.5 Å². The van der Waals surface area contributed by atoms with Crippen molar-refractivity contribution in [2.75, 3.05) is 99.0 Å². The Morgan fingerprint density at radius 3 is 1.53 bits per heavy atom. The first-order valence-electron chi connectivity index (χ1n) is 14.9. The second-order valence-electron chi connectivity index (χ2n) is 9.48. The number of esters is 1. The van der Waals surface area contributed by atoms with E-state index in [9.17, 15) is 9.59 Å². The molecule has 0 aliphatic heterocycles. The number of nitrogens with one attached hydrogen (secondary N) is 1. The molecule has 43 heavy (non-hydrogen) atoms. The summed E-state index contributed by atoms with van der Waals surface area (Å²) in [4.78, 5) is 23.3. The predicted molar refractivity (Wildman–Crippen MR) is 159 cm³/mol. The molecule has 0 radical (unpaired) electrons. The lowest BCUT2D eigenvalue weighted by Crippen LogP contribution is -2.29. The fraction of sp³-hybridized carbons (Fsp3) is 0.562. The van der Waals surface area contributed by atoms with Gasteiger partial charge < -0.3 is 43.2 Å². The fourth-order valence-corrected chi connectivity index (χ4v) is 4.46. The normalized spacial score (nSPS) is 12.1. The van der Waals surface area contributed by atoms with E-state index in [1.165, 1.54) is 22.3 Å². The number of ether oxygens (including phenoxy) is 8. The number of hydrogen-bond acceptors (Lipinski definition) is 10. The SMILES string of the molecule is CCOC(=O)CCOCCOCCOCCOCCOCCOCCNC(=O)OCC1c2ccccc2-c2ccccc21. The van der Waals surface area contributed by atoms with Gasteiger partial charge in [0.15, 0.2) is 0 Å². The summed E-state index contributed by atoms with van der Waals surface area (Å²) >= 11 is 0. The summed E-state index contributed by atoms with van der Waals surface area (Å²) in [5.41, 5.74) is 4.77. The molecule has 0 spiro atoms. The Morgan fingerprint density at radius 1 is 0.605 bits per heavy atom. The highest BCUT2D eigenvalue weighted by atomic mass is 16.6. The maximum absolute atomic E-state index is 12.2. The van der Waals surface area contributed by atoms with Crippen molar-refractivity contribution in [3.05, 3.63) is 59.7 Å². The Hall–Kier alpha value is -3.06. The molecule has 0 atom stereocenters. The summed E-state index contributed by atoms with van der Waals surface area (Å²) < 4.78 is 42.9. The van der Waals surface area contributed by atoms with Crippen LogP contribution in [0.5, 0.6) is 0 Å². The minimum Gasteiger partial charge on any atom is -0.466 e. The molecular weight excluding hydrogens is 558 g/mol. The van der Waals surface area contributed by atoms with Crippen LogP contribution in [0.2, 0.25) is 0 Å². The maximum Gasteiger partial charge on any atom is 0.407 e. The van der Waals surface area contributed by atoms with Crippen molar-refractivity contribution in [1.29, 1.82) is 0 Å². The van der Waals surface area contributed by atoms with E-state index >= 15 is 0 Å². The number of hydrogen-bond donors (Lipinski definition) is 1. The number of carbonyl (C=O) groups is 2. The van der Waals surface area contributed by atoms with Crippen LogP contribution in [0.1, 0.15) is 30.4 Å². The minimum absolute atomic E-state index is 0.0383. The highest BCUT2D eigenvalue weighted by Gasteiger charge is 2.28. The van der Waals surface area contributed by atoms with Crippen molar-refractivity contribution >= 4 is 12.1 Å². The van der Waals surface area contributed by atoms with Gasteiger partial charge in [-0.3, -0.25) is 4.79 Å². The standard InChI is InChI=1S/C32H45NO10/c1-2-42-31(34)11-13-36-15-17-38-19-21-40-23-24-41-22-20-39-18-16-37-14-12-33-32(35)43-25-30-28-9-5-3-7-26(28)27-8-4-6-10-29(27)30/h3-10,30H,2,11-25H2,1H3,(H,33,35). The van der Waals surface area contributed by atoms with Gasteiger partial charge in [0.2, 0.25) is 0 Å². The van der Waals surface area contributed by atoms with E-state index in [0.29, 0.717) is 92.4 Å². The molecule has 0 saturated heterocycles. The number of amides is 1. The molecule has 1 amide bonds. The number of fused-ring (bicyclic) bond motifs is 3. The van der Waals surface area contributed by atoms with Crippen molar-refractivity contribution in [3.63, 3.8) is 0 Å². The molecule has 0 fully saturated rings. The summed E-state index contributed by atoms with van der Waals surface area (Å²) in [6.45, 7) is 8.02. The predicted octanol–water partition coefficient (Wildman–Crippen LogP) is 3.58. The van der Waals surface area contributed by atoms with Crippen LogP contribution in [0.25, 0.3) is 11.1 Å². The quantitative estimate of drug-likeness (QED) is 0.141. The van der Waals surface area contributed by atoms with Gasteiger partial charge in [0.1, 0.15) is 6.61 Å². The molecule has 11 nitrogen and oxygen atoms in total. The average Bonchev–Trinajstić information content (AvgIpc) is 3.34. The Kier molecular flexibility index (Phi) is 17.3. The third kappa shape index (κ3) is 13.4. The molecule has 0 aromatic heterocycles. The van der Waals surface area contributed by atoms with Crippen LogP contribution in [-0.2, 0) is 42.7 Å². The zero-order chi connectivity index (χ0) is 30.4. The van der Waals surface area contributed by atoms with Crippen LogP contribution < -0.4 is 5.32 Å². The van der Waals surface area contributed by atoms with E-state index in [0.717, 1.165) is 0 Å². The van der Waals surface area contributed by atoms with E-state index in [1.807, 2.05) is 24.3 Å². The van der Waals surface area contributed by atoms with Gasteiger partial charge in [-0.15, -0.1) is 0 Å². The summed E-state index contributed by atoms with van der Waals surface area (Å²) in [6, 6.07) is 16.5. The van der Waals surface area contributed by atoms with Crippen LogP contribution in [0.4, 0.5) is 4.79 Å². The Bertz CT molecular complexity index is 1020. The maximum atomic E-state index is 12.2. The Balaban J connectivity index is 1.04. The van der Waals surface area contributed by atoms with Gasteiger partial charge in [-0.05, 0) is 29.2 Å². The lowest BCUT2D eigenvalue weighted by atomic mass is 9.98. The second-order valence-corrected chi connectivity index (χ2v) is 9.48. The fourth-order valence-electron chi connectivity index (χ4n) is 4.46. The second kappa shape index (κ2) is 21.6. The molecule has 1 aliphatic carbocycles. The highest BCUT2D eigenvalue weighted by Crippen LogP contribution is 2.44. The van der Waals surface area contributed by atoms with Crippen LogP contribution in [-0.4, -0.2) is 111 Å². The number of rotatable bonds is 24. The number of benzene rings is 2. The molecule has 11 heteroatoms. The first kappa shape index (κ1) is 34.4. The van der Waals surface area contributed by atoms with Gasteiger partial charge in [0, 0.05) is 12.5 Å². The largest absolute Gasteiger partial charge is 0.466 e. The van der Waals surface area contributed by atoms with Gasteiger partial charge >= 0.3 is 12.1 Å². The molecule has 0 bridgehead atoms. The van der Waals surface area contributed by atoms with Crippen LogP contribution in [0.3, 0.4) is 0 Å². The van der Waals surface area contributed by atoms with Crippen LogP contribution in [0, 0.1) is 0 Å². The zero-order valence-corrected chi connectivity index (χ0v) is 25.1. The Labute approximate surface area is 254 Å². The highest BCUT2D eigenvalue weighted by molar-refractivity contribution is 5.79. The van der Waals surface area contributed by atoms with E-state index in [-0.39, 0.29) is 24.9 Å². The van der Waals surface area contributed by atoms with Crippen molar-refractivity contribution in [2.45, 2.75) is 19.3 Å². The lowest BCUT2D eigenvalue weighted by molar-refractivity contribution is -0.144. The Morgan fingerprint density at radius 2 is 1.05 bits per heavy atom. The molecule has 1 aliphatic rings. The lowest BCUT2D eigenvalue weighted by Gasteiger charge is -2.14. The molecule has 3 rings (SSSR count). The van der Waals surface area contributed by atoms with Gasteiger partial charge in [0.05, 0.1) is 92.3 Å². The summed E-state index contributed by atoms with van der Waals surface area (Å²) in [5, 5.41) is 2.73. The summed E-state index contributed by atoms with van der Waals surface area (Å²) in [6.07, 6.45) is -0.203. The van der Waals surface area contributed by atoms with E-state index < -0.39 is 6.09 Å². The smallest absolute Gasteiger partial charge is 0.407 e. The topological polar surface area (TPSA) is 120 Å². The zero-order valence-electron chi connectivity index (χ0n) is 25.1. The molecule has 1 N–H and O–H groups in total. The van der Waals surface area contributed by atoms with Crippen molar-refractivity contribution in [3.8, 4) is 11.1 Å². The van der Waals surface area contributed by atoms with E-state index in [2.05, 4.69) is 29.6 Å². The van der Waals surface area contributed by atoms with E-state index in [1.54, 1.807) is 6.92 Å². The van der Waals surface area contributed by atoms with Crippen molar-refractivity contribution in [2.24, 2.45) is 0 Å². The molecule has 0 saturated carbocycles. The molecule has 0 heterocycles. The van der Waals surface area contributed by atoms with Gasteiger partial charge in [0.25, 0.3) is 0 Å². The summed E-state index contributed by atoms with van der Waals surface area (Å²) in [7, 11) is 0. The average molecular weight is 604 g/mol. The third-order valence-corrected chi connectivity index (χ3v) is 6.48. The van der Waals surface area contributed by atoms with Gasteiger partial charge in [-0.1, -0.05) is 48.5 Å². The van der Waals surface area contributed by atoms with Gasteiger partial charge in [-0.25, -0.2) is 4.79 Å². The van der Waals surface area contributed by atoms with Crippen molar-refractivity contribution in [1.82, 2.24) is 5.32 Å². The molecule has 0 unspecified atom stereocenters. The molecule has 2 aromatic rings.